The molecule has 1 aromatic rings. The molecule has 2 atom stereocenters. The van der Waals surface area contributed by atoms with Crippen LogP contribution in [-0.2, 0) is 30.5 Å². The maximum atomic E-state index is 14.0. The molecule has 0 bridgehead atoms. The molecule has 9 nitrogen and oxygen atoms in total. The summed E-state index contributed by atoms with van der Waals surface area (Å²) in [5.41, 5.74) is 9.27. The molecule has 3 N–H and O–H groups in total. The maximum absolute atomic E-state index is 14.0. The van der Waals surface area contributed by atoms with Crippen molar-refractivity contribution in [1.29, 1.82) is 0 Å². The molecular formula is C33H54N4O5. The second kappa shape index (κ2) is 18.9. The van der Waals surface area contributed by atoms with E-state index in [1.54, 1.807) is 0 Å². The minimum Gasteiger partial charge on any atom is -0.350 e. The summed E-state index contributed by atoms with van der Waals surface area (Å²) >= 11 is 0. The standard InChI is InChI=1S/C33H54N4O5/c1-26(2)21-22-31(39)37(36(30(38)19-12-23-34)25-28-15-7-4-8-16-28)29(18-11-17-27-13-5-3-6-14-27)33(40)35-42-32-20-9-10-24-41-32/h4,7-8,15-16,26-27,29,32H,3,5-6,9-14,17-25,34H2,1-2H3,(H,35,40)/t29-,32+/m0/s1. The maximum Gasteiger partial charge on any atom is 0.268 e. The zero-order valence-corrected chi connectivity index (χ0v) is 25.9. The monoisotopic (exact) mass is 586 g/mol. The molecule has 2 aliphatic rings. The molecule has 0 unspecified atom stereocenters. The van der Waals surface area contributed by atoms with E-state index in [0.29, 0.717) is 50.7 Å². The summed E-state index contributed by atoms with van der Waals surface area (Å²) in [6, 6.07) is 8.72. The van der Waals surface area contributed by atoms with Gasteiger partial charge in [0.25, 0.3) is 5.91 Å². The molecule has 1 aliphatic heterocycles. The molecule has 1 aromatic carbocycles. The van der Waals surface area contributed by atoms with Crippen LogP contribution in [0.3, 0.4) is 0 Å². The third-order valence-corrected chi connectivity index (χ3v) is 8.35. The number of nitrogens with zero attached hydrogens (tertiary/aromatic N) is 2. The Labute approximate surface area is 252 Å². The Morgan fingerprint density at radius 1 is 0.952 bits per heavy atom. The average molecular weight is 587 g/mol. The lowest BCUT2D eigenvalue weighted by Gasteiger charge is -2.40. The number of amides is 3. The Hall–Kier alpha value is -2.49. The van der Waals surface area contributed by atoms with Gasteiger partial charge in [0.05, 0.1) is 6.54 Å². The SMILES string of the molecule is CC(C)CCC(=O)N([C@@H](CCCC1CCCCC1)C(=O)NO[C@@H]1CCCCO1)N(Cc1ccccc1)C(=O)CCCN. The molecule has 1 heterocycles. The first-order valence-electron chi connectivity index (χ1n) is 16.3. The van der Waals surface area contributed by atoms with Crippen molar-refractivity contribution in [3.63, 3.8) is 0 Å². The van der Waals surface area contributed by atoms with E-state index >= 15 is 0 Å². The van der Waals surface area contributed by atoms with Crippen LogP contribution in [0.1, 0.15) is 116 Å². The van der Waals surface area contributed by atoms with Crippen LogP contribution in [0.5, 0.6) is 0 Å². The Morgan fingerprint density at radius 3 is 2.36 bits per heavy atom. The van der Waals surface area contributed by atoms with Gasteiger partial charge in [-0.25, -0.2) is 20.3 Å². The number of rotatable bonds is 16. The van der Waals surface area contributed by atoms with Gasteiger partial charge in [0.15, 0.2) is 6.29 Å². The Morgan fingerprint density at radius 2 is 1.69 bits per heavy atom. The second-order valence-electron chi connectivity index (χ2n) is 12.3. The summed E-state index contributed by atoms with van der Waals surface area (Å²) in [5.74, 6) is 0.0782. The quantitative estimate of drug-likeness (QED) is 0.243. The first-order valence-corrected chi connectivity index (χ1v) is 16.3. The highest BCUT2D eigenvalue weighted by molar-refractivity contribution is 5.89. The first kappa shape index (κ1) is 34.0. The van der Waals surface area contributed by atoms with Crippen molar-refractivity contribution in [2.24, 2.45) is 17.6 Å². The zero-order chi connectivity index (χ0) is 30.2. The summed E-state index contributed by atoms with van der Waals surface area (Å²) in [6.07, 6.45) is 12.2. The van der Waals surface area contributed by atoms with Crippen LogP contribution in [0.25, 0.3) is 0 Å². The molecule has 0 spiro atoms. The molecule has 1 saturated heterocycles. The van der Waals surface area contributed by atoms with E-state index in [2.05, 4.69) is 19.3 Å². The molecular weight excluding hydrogens is 532 g/mol. The molecule has 2 fully saturated rings. The lowest BCUT2D eigenvalue weighted by molar-refractivity contribution is -0.206. The van der Waals surface area contributed by atoms with Crippen molar-refractivity contribution >= 4 is 17.7 Å². The molecule has 9 heteroatoms. The molecule has 0 radical (unpaired) electrons. The van der Waals surface area contributed by atoms with E-state index in [1.165, 1.54) is 42.1 Å². The summed E-state index contributed by atoms with van der Waals surface area (Å²) in [5, 5.41) is 2.95. The predicted octanol–water partition coefficient (Wildman–Crippen LogP) is 5.63. The van der Waals surface area contributed by atoms with E-state index < -0.39 is 18.2 Å². The third kappa shape index (κ3) is 11.7. The van der Waals surface area contributed by atoms with Crippen LogP contribution in [-0.4, -0.2) is 53.2 Å². The van der Waals surface area contributed by atoms with Gasteiger partial charge in [-0.05, 0) is 56.0 Å². The molecule has 0 aromatic heterocycles. The van der Waals surface area contributed by atoms with Gasteiger partial charge >= 0.3 is 0 Å². The number of hydrazine groups is 1. The molecule has 3 amide bonds. The van der Waals surface area contributed by atoms with Gasteiger partial charge in [0.2, 0.25) is 11.8 Å². The molecule has 236 valence electrons. The van der Waals surface area contributed by atoms with Gasteiger partial charge in [-0.1, -0.05) is 89.1 Å². The Bertz CT molecular complexity index is 932. The number of hydrogen-bond acceptors (Lipinski definition) is 6. The van der Waals surface area contributed by atoms with E-state index in [9.17, 15) is 14.4 Å². The largest absolute Gasteiger partial charge is 0.350 e. The van der Waals surface area contributed by atoms with Crippen LogP contribution in [0, 0.1) is 11.8 Å². The highest BCUT2D eigenvalue weighted by Gasteiger charge is 2.37. The number of hydroxylamine groups is 1. The van der Waals surface area contributed by atoms with Crippen molar-refractivity contribution in [3.05, 3.63) is 35.9 Å². The summed E-state index contributed by atoms with van der Waals surface area (Å²) < 4.78 is 5.66. The number of ether oxygens (including phenoxy) is 1. The van der Waals surface area contributed by atoms with Gasteiger partial charge in [0, 0.05) is 25.9 Å². The average Bonchev–Trinajstić information content (AvgIpc) is 3.01. The fourth-order valence-electron chi connectivity index (χ4n) is 5.86. The minimum absolute atomic E-state index is 0.191. The van der Waals surface area contributed by atoms with Crippen LogP contribution in [0.15, 0.2) is 30.3 Å². The van der Waals surface area contributed by atoms with Gasteiger partial charge in [-0.3, -0.25) is 14.4 Å². The molecule has 3 rings (SSSR count). The lowest BCUT2D eigenvalue weighted by Crippen LogP contribution is -2.59. The van der Waals surface area contributed by atoms with Gasteiger partial charge < -0.3 is 10.5 Å². The van der Waals surface area contributed by atoms with Gasteiger partial charge in [-0.2, -0.15) is 0 Å². The molecule has 1 aliphatic carbocycles. The summed E-state index contributed by atoms with van der Waals surface area (Å²) in [4.78, 5) is 47.4. The normalized spacial score (nSPS) is 18.4. The van der Waals surface area contributed by atoms with Gasteiger partial charge in [0.1, 0.15) is 6.04 Å². The van der Waals surface area contributed by atoms with Crippen molar-refractivity contribution in [2.45, 2.75) is 129 Å². The van der Waals surface area contributed by atoms with Crippen molar-refractivity contribution in [1.82, 2.24) is 15.5 Å². The van der Waals surface area contributed by atoms with Crippen LogP contribution >= 0.6 is 0 Å². The van der Waals surface area contributed by atoms with E-state index in [4.69, 9.17) is 15.3 Å². The van der Waals surface area contributed by atoms with Crippen molar-refractivity contribution in [3.8, 4) is 0 Å². The zero-order valence-electron chi connectivity index (χ0n) is 25.9. The highest BCUT2D eigenvalue weighted by atomic mass is 16.8. The van der Waals surface area contributed by atoms with Crippen molar-refractivity contribution < 1.29 is 24.0 Å². The first-order chi connectivity index (χ1) is 20.4. The van der Waals surface area contributed by atoms with Crippen LogP contribution in [0.2, 0.25) is 0 Å². The minimum atomic E-state index is -0.887. The second-order valence-corrected chi connectivity index (χ2v) is 12.3. The fourth-order valence-corrected chi connectivity index (χ4v) is 5.86. The van der Waals surface area contributed by atoms with Crippen LogP contribution < -0.4 is 11.2 Å². The summed E-state index contributed by atoms with van der Waals surface area (Å²) in [7, 11) is 0. The summed E-state index contributed by atoms with van der Waals surface area (Å²) in [6.45, 7) is 5.28. The number of benzene rings is 1. The number of nitrogens with one attached hydrogen (secondary N) is 1. The van der Waals surface area contributed by atoms with E-state index in [1.807, 2.05) is 30.3 Å². The van der Waals surface area contributed by atoms with Crippen LogP contribution in [0.4, 0.5) is 0 Å². The molecule has 42 heavy (non-hydrogen) atoms. The molecule has 1 saturated carbocycles. The highest BCUT2D eigenvalue weighted by Crippen LogP contribution is 2.29. The predicted molar refractivity (Wildman–Crippen MR) is 163 cm³/mol. The fraction of sp³-hybridized carbons (Fsp3) is 0.727. The Kier molecular flexibility index (Phi) is 15.3. The smallest absolute Gasteiger partial charge is 0.268 e. The Balaban J connectivity index is 1.90. The third-order valence-electron chi connectivity index (χ3n) is 8.35. The number of carbonyl (C=O) groups excluding carboxylic acids is 3. The van der Waals surface area contributed by atoms with E-state index in [0.717, 1.165) is 31.2 Å². The lowest BCUT2D eigenvalue weighted by atomic mass is 9.85. The number of hydrogen-bond donors (Lipinski definition) is 2. The van der Waals surface area contributed by atoms with E-state index in [-0.39, 0.29) is 31.2 Å². The topological polar surface area (TPSA) is 114 Å². The van der Waals surface area contributed by atoms with Gasteiger partial charge in [-0.15, -0.1) is 0 Å². The number of carbonyl (C=O) groups is 3. The van der Waals surface area contributed by atoms with Crippen molar-refractivity contribution in [2.75, 3.05) is 13.2 Å². The number of nitrogens with two attached hydrogens (primary N) is 1.